The Morgan fingerprint density at radius 3 is 2.19 bits per heavy atom. The van der Waals surface area contributed by atoms with Gasteiger partial charge in [0.05, 0.1) is 14.2 Å². The molecule has 0 atom stereocenters. The standard InChI is InChI=1S/C20H23ClN2O3/c1-14-7-8-15(21)13-16(14)22-9-11-23(12-10-22)20(24)19-17(25-2)5-4-6-18(19)26-3/h4-8,13H,9-12H2,1-3H3. The van der Waals surface area contributed by atoms with Gasteiger partial charge in [-0.05, 0) is 36.8 Å². The number of hydrogen-bond donors (Lipinski definition) is 0. The molecule has 0 spiro atoms. The number of anilines is 1. The first-order valence-corrected chi connectivity index (χ1v) is 8.94. The highest BCUT2D eigenvalue weighted by Gasteiger charge is 2.27. The van der Waals surface area contributed by atoms with Gasteiger partial charge in [-0.15, -0.1) is 0 Å². The van der Waals surface area contributed by atoms with Crippen LogP contribution in [0.1, 0.15) is 15.9 Å². The first-order chi connectivity index (χ1) is 12.5. The van der Waals surface area contributed by atoms with E-state index in [1.54, 1.807) is 26.4 Å². The highest BCUT2D eigenvalue weighted by molar-refractivity contribution is 6.30. The van der Waals surface area contributed by atoms with Crippen molar-refractivity contribution in [1.82, 2.24) is 4.90 Å². The molecular weight excluding hydrogens is 352 g/mol. The predicted octanol–water partition coefficient (Wildman–Crippen LogP) is 3.63. The summed E-state index contributed by atoms with van der Waals surface area (Å²) in [6, 6.07) is 11.3. The molecule has 1 fully saturated rings. The summed E-state index contributed by atoms with van der Waals surface area (Å²) < 4.78 is 10.7. The van der Waals surface area contributed by atoms with Crippen LogP contribution in [0, 0.1) is 6.92 Å². The van der Waals surface area contributed by atoms with Gasteiger partial charge in [0.2, 0.25) is 0 Å². The van der Waals surface area contributed by atoms with Crippen LogP contribution in [0.15, 0.2) is 36.4 Å². The maximum atomic E-state index is 13.0. The Bertz CT molecular complexity index is 779. The van der Waals surface area contributed by atoms with Crippen LogP contribution >= 0.6 is 11.6 Å². The molecule has 0 N–H and O–H groups in total. The Hall–Kier alpha value is -2.40. The molecule has 2 aromatic carbocycles. The van der Waals surface area contributed by atoms with Crippen molar-refractivity contribution in [2.75, 3.05) is 45.3 Å². The van der Waals surface area contributed by atoms with E-state index in [0.717, 1.165) is 23.8 Å². The van der Waals surface area contributed by atoms with E-state index in [2.05, 4.69) is 11.8 Å². The molecule has 5 nitrogen and oxygen atoms in total. The summed E-state index contributed by atoms with van der Waals surface area (Å²) in [5, 5.41) is 0.725. The number of carbonyl (C=O) groups is 1. The van der Waals surface area contributed by atoms with Crippen LogP contribution in [0.3, 0.4) is 0 Å². The number of nitrogens with zero attached hydrogens (tertiary/aromatic N) is 2. The molecule has 1 amide bonds. The topological polar surface area (TPSA) is 42.0 Å². The number of amides is 1. The molecule has 0 bridgehead atoms. The summed E-state index contributed by atoms with van der Waals surface area (Å²) in [7, 11) is 3.12. The zero-order valence-corrected chi connectivity index (χ0v) is 16.0. The molecule has 26 heavy (non-hydrogen) atoms. The van der Waals surface area contributed by atoms with Crippen LogP contribution in [0.2, 0.25) is 5.02 Å². The number of benzene rings is 2. The number of carbonyl (C=O) groups excluding carboxylic acids is 1. The van der Waals surface area contributed by atoms with Gasteiger partial charge in [-0.2, -0.15) is 0 Å². The summed E-state index contributed by atoms with van der Waals surface area (Å²) in [6.07, 6.45) is 0. The maximum Gasteiger partial charge on any atom is 0.261 e. The van der Waals surface area contributed by atoms with Crippen molar-refractivity contribution in [1.29, 1.82) is 0 Å². The second-order valence-electron chi connectivity index (χ2n) is 6.25. The molecule has 0 aromatic heterocycles. The summed E-state index contributed by atoms with van der Waals surface area (Å²) in [4.78, 5) is 17.2. The molecule has 1 heterocycles. The molecule has 2 aromatic rings. The fraction of sp³-hybridized carbons (Fsp3) is 0.350. The van der Waals surface area contributed by atoms with Crippen LogP contribution in [0.4, 0.5) is 5.69 Å². The van der Waals surface area contributed by atoms with Crippen molar-refractivity contribution < 1.29 is 14.3 Å². The molecule has 6 heteroatoms. The van der Waals surface area contributed by atoms with Gasteiger partial charge in [0.1, 0.15) is 17.1 Å². The van der Waals surface area contributed by atoms with Gasteiger partial charge in [0.15, 0.2) is 0 Å². The molecule has 0 aliphatic carbocycles. The summed E-state index contributed by atoms with van der Waals surface area (Å²) in [5.41, 5.74) is 2.78. The third-order valence-electron chi connectivity index (χ3n) is 4.72. The Balaban J connectivity index is 1.76. The second-order valence-corrected chi connectivity index (χ2v) is 6.68. The number of methoxy groups -OCH3 is 2. The van der Waals surface area contributed by atoms with Crippen molar-refractivity contribution >= 4 is 23.2 Å². The lowest BCUT2D eigenvalue weighted by Gasteiger charge is -2.37. The Labute approximate surface area is 159 Å². The number of halogens is 1. The highest BCUT2D eigenvalue weighted by Crippen LogP contribution is 2.31. The highest BCUT2D eigenvalue weighted by atomic mass is 35.5. The SMILES string of the molecule is COc1cccc(OC)c1C(=O)N1CCN(c2cc(Cl)ccc2C)CC1. The van der Waals surface area contributed by atoms with Crippen molar-refractivity contribution in [3.63, 3.8) is 0 Å². The average Bonchev–Trinajstić information content (AvgIpc) is 2.68. The number of aryl methyl sites for hydroxylation is 1. The van der Waals surface area contributed by atoms with E-state index in [4.69, 9.17) is 21.1 Å². The smallest absolute Gasteiger partial charge is 0.261 e. The molecule has 1 aliphatic heterocycles. The van der Waals surface area contributed by atoms with E-state index in [1.165, 1.54) is 5.56 Å². The van der Waals surface area contributed by atoms with Crippen LogP contribution in [-0.2, 0) is 0 Å². The largest absolute Gasteiger partial charge is 0.496 e. The van der Waals surface area contributed by atoms with E-state index < -0.39 is 0 Å². The summed E-state index contributed by atoms with van der Waals surface area (Å²) >= 11 is 6.14. The Morgan fingerprint density at radius 2 is 1.62 bits per heavy atom. The Kier molecular flexibility index (Phi) is 5.57. The van der Waals surface area contributed by atoms with Crippen molar-refractivity contribution in [2.45, 2.75) is 6.92 Å². The van der Waals surface area contributed by atoms with E-state index in [-0.39, 0.29) is 5.91 Å². The van der Waals surface area contributed by atoms with E-state index in [1.807, 2.05) is 29.2 Å². The lowest BCUT2D eigenvalue weighted by atomic mass is 10.1. The first kappa shape index (κ1) is 18.4. The fourth-order valence-corrected chi connectivity index (χ4v) is 3.46. The molecule has 138 valence electrons. The first-order valence-electron chi connectivity index (χ1n) is 8.56. The van der Waals surface area contributed by atoms with E-state index in [9.17, 15) is 4.79 Å². The van der Waals surface area contributed by atoms with Gasteiger partial charge in [-0.1, -0.05) is 23.7 Å². The van der Waals surface area contributed by atoms with Crippen LogP contribution in [0.25, 0.3) is 0 Å². The summed E-state index contributed by atoms with van der Waals surface area (Å²) in [5.74, 6) is 0.992. The minimum atomic E-state index is -0.0678. The van der Waals surface area contributed by atoms with E-state index >= 15 is 0 Å². The number of rotatable bonds is 4. The fourth-order valence-electron chi connectivity index (χ4n) is 3.29. The third-order valence-corrected chi connectivity index (χ3v) is 4.96. The third kappa shape index (κ3) is 3.58. The molecule has 0 unspecified atom stereocenters. The van der Waals surface area contributed by atoms with Crippen LogP contribution < -0.4 is 14.4 Å². The van der Waals surface area contributed by atoms with E-state index in [0.29, 0.717) is 30.2 Å². The number of piperazine rings is 1. The van der Waals surface area contributed by atoms with Gasteiger partial charge in [-0.25, -0.2) is 0 Å². The average molecular weight is 375 g/mol. The lowest BCUT2D eigenvalue weighted by Crippen LogP contribution is -2.49. The minimum Gasteiger partial charge on any atom is -0.496 e. The van der Waals surface area contributed by atoms with Gasteiger partial charge in [0.25, 0.3) is 5.91 Å². The normalized spacial score (nSPS) is 14.3. The Morgan fingerprint density at radius 1 is 1.00 bits per heavy atom. The summed E-state index contributed by atoms with van der Waals surface area (Å²) in [6.45, 7) is 4.84. The van der Waals surface area contributed by atoms with Crippen LogP contribution in [-0.4, -0.2) is 51.2 Å². The molecule has 0 radical (unpaired) electrons. The molecule has 1 aliphatic rings. The van der Waals surface area contributed by atoms with Gasteiger partial charge < -0.3 is 19.3 Å². The molecular formula is C20H23ClN2O3. The lowest BCUT2D eigenvalue weighted by molar-refractivity contribution is 0.0740. The second kappa shape index (κ2) is 7.87. The van der Waals surface area contributed by atoms with Gasteiger partial charge >= 0.3 is 0 Å². The van der Waals surface area contributed by atoms with Gasteiger partial charge in [0, 0.05) is 36.9 Å². The zero-order valence-electron chi connectivity index (χ0n) is 15.3. The zero-order chi connectivity index (χ0) is 18.7. The predicted molar refractivity (Wildman–Crippen MR) is 104 cm³/mol. The van der Waals surface area contributed by atoms with Gasteiger partial charge in [-0.3, -0.25) is 4.79 Å². The quantitative estimate of drug-likeness (QED) is 0.819. The maximum absolute atomic E-state index is 13.0. The molecule has 0 saturated carbocycles. The number of hydrogen-bond acceptors (Lipinski definition) is 4. The van der Waals surface area contributed by atoms with Crippen molar-refractivity contribution in [2.24, 2.45) is 0 Å². The van der Waals surface area contributed by atoms with Crippen molar-refractivity contribution in [3.8, 4) is 11.5 Å². The van der Waals surface area contributed by atoms with Crippen LogP contribution in [0.5, 0.6) is 11.5 Å². The monoisotopic (exact) mass is 374 g/mol. The van der Waals surface area contributed by atoms with Crippen molar-refractivity contribution in [3.05, 3.63) is 52.5 Å². The number of ether oxygens (including phenoxy) is 2. The molecule has 1 saturated heterocycles. The minimum absolute atomic E-state index is 0.0678. The molecule has 3 rings (SSSR count).